The van der Waals surface area contributed by atoms with Crippen LogP contribution in [0.1, 0.15) is 30.4 Å². The molecule has 2 N–H and O–H groups in total. The van der Waals surface area contributed by atoms with Gasteiger partial charge in [-0.05, 0) is 49.3 Å². The van der Waals surface area contributed by atoms with Crippen LogP contribution in [0, 0.1) is 0 Å². The average molecular weight is 325 g/mol. The molecule has 24 heavy (non-hydrogen) atoms. The number of aliphatic hydroxyl groups excluding tert-OH is 1. The van der Waals surface area contributed by atoms with E-state index >= 15 is 0 Å². The first-order valence-electron chi connectivity index (χ1n) is 8.97. The lowest BCUT2D eigenvalue weighted by Crippen LogP contribution is -2.28. The lowest BCUT2D eigenvalue weighted by Gasteiger charge is -2.15. The van der Waals surface area contributed by atoms with Crippen molar-refractivity contribution in [3.05, 3.63) is 65.7 Å². The Balaban J connectivity index is 1.45. The van der Waals surface area contributed by atoms with Gasteiger partial charge in [0.2, 0.25) is 0 Å². The molecule has 0 aliphatic carbocycles. The van der Waals surface area contributed by atoms with Crippen LogP contribution in [0.25, 0.3) is 0 Å². The Hall–Kier alpha value is -1.84. The van der Waals surface area contributed by atoms with Crippen LogP contribution >= 0.6 is 0 Å². The van der Waals surface area contributed by atoms with Gasteiger partial charge in [-0.2, -0.15) is 0 Å². The van der Waals surface area contributed by atoms with Crippen molar-refractivity contribution in [2.45, 2.75) is 44.2 Å². The van der Waals surface area contributed by atoms with Crippen LogP contribution in [0.15, 0.2) is 54.6 Å². The summed E-state index contributed by atoms with van der Waals surface area (Å²) in [7, 11) is 0. The Labute approximate surface area is 144 Å². The molecule has 2 atom stereocenters. The summed E-state index contributed by atoms with van der Waals surface area (Å²) in [4.78, 5) is 0. The number of para-hydroxylation sites is 1. The highest BCUT2D eigenvalue weighted by atomic mass is 16.5. The highest BCUT2D eigenvalue weighted by Crippen LogP contribution is 2.21. The molecule has 2 aromatic carbocycles. The van der Waals surface area contributed by atoms with Crippen LogP contribution in [0.5, 0.6) is 5.75 Å². The van der Waals surface area contributed by atoms with Gasteiger partial charge in [-0.1, -0.05) is 48.5 Å². The van der Waals surface area contributed by atoms with Crippen molar-refractivity contribution in [2.24, 2.45) is 0 Å². The maximum atomic E-state index is 9.57. The Bertz CT molecular complexity index is 614. The van der Waals surface area contributed by atoms with E-state index in [1.165, 1.54) is 17.5 Å². The standard InChI is InChI=1S/C21H27NO2/c23-20-14-19(22-15-20)16-24-21-13-7-6-12-18(21)11-5-4-10-17-8-2-1-3-9-17/h1-3,6-9,12-13,19-20,22-23H,4-5,10-11,14-16H2/t19?,20-/m1/s1. The fourth-order valence-electron chi connectivity index (χ4n) is 3.26. The highest BCUT2D eigenvalue weighted by Gasteiger charge is 2.22. The van der Waals surface area contributed by atoms with E-state index in [0.29, 0.717) is 13.2 Å². The zero-order valence-electron chi connectivity index (χ0n) is 14.2. The van der Waals surface area contributed by atoms with Crippen LogP contribution in [0.3, 0.4) is 0 Å². The van der Waals surface area contributed by atoms with Crippen molar-refractivity contribution in [2.75, 3.05) is 13.2 Å². The van der Waals surface area contributed by atoms with Gasteiger partial charge in [-0.25, -0.2) is 0 Å². The molecule has 2 aromatic rings. The summed E-state index contributed by atoms with van der Waals surface area (Å²) >= 11 is 0. The predicted molar refractivity (Wildman–Crippen MR) is 97.4 cm³/mol. The van der Waals surface area contributed by atoms with Gasteiger partial charge in [0.1, 0.15) is 12.4 Å². The fraction of sp³-hybridized carbons (Fsp3) is 0.429. The minimum atomic E-state index is -0.230. The lowest BCUT2D eigenvalue weighted by molar-refractivity contribution is 0.187. The number of ether oxygens (including phenoxy) is 1. The van der Waals surface area contributed by atoms with E-state index in [4.69, 9.17) is 4.74 Å². The topological polar surface area (TPSA) is 41.5 Å². The summed E-state index contributed by atoms with van der Waals surface area (Å²) in [6.07, 6.45) is 5.08. The van der Waals surface area contributed by atoms with Crippen LogP contribution in [-0.2, 0) is 12.8 Å². The lowest BCUT2D eigenvalue weighted by atomic mass is 10.0. The first-order chi connectivity index (χ1) is 11.8. The van der Waals surface area contributed by atoms with Crippen LogP contribution in [0.4, 0.5) is 0 Å². The van der Waals surface area contributed by atoms with Gasteiger partial charge >= 0.3 is 0 Å². The summed E-state index contributed by atoms with van der Waals surface area (Å²) < 4.78 is 6.01. The SMILES string of the molecule is O[C@H]1CNC(COc2ccccc2CCCCc2ccccc2)C1. The largest absolute Gasteiger partial charge is 0.492 e. The number of hydrogen-bond donors (Lipinski definition) is 2. The summed E-state index contributed by atoms with van der Waals surface area (Å²) in [6.45, 7) is 1.30. The average Bonchev–Trinajstić information content (AvgIpc) is 3.04. The van der Waals surface area contributed by atoms with Crippen molar-refractivity contribution in [1.29, 1.82) is 0 Å². The van der Waals surface area contributed by atoms with E-state index < -0.39 is 0 Å². The second-order valence-electron chi connectivity index (χ2n) is 6.61. The Morgan fingerprint density at radius 1 is 0.958 bits per heavy atom. The molecule has 1 fully saturated rings. The summed E-state index contributed by atoms with van der Waals surface area (Å²) in [5, 5.41) is 12.9. The van der Waals surface area contributed by atoms with Gasteiger partial charge in [0.05, 0.1) is 6.10 Å². The Morgan fingerprint density at radius 2 is 1.71 bits per heavy atom. The van der Waals surface area contributed by atoms with Crippen molar-refractivity contribution >= 4 is 0 Å². The van der Waals surface area contributed by atoms with E-state index in [9.17, 15) is 5.11 Å². The molecule has 1 aliphatic rings. The number of benzene rings is 2. The summed E-state index contributed by atoms with van der Waals surface area (Å²) in [6, 6.07) is 19.2. The predicted octanol–water partition coefficient (Wildman–Crippen LogP) is 3.35. The molecule has 0 amide bonds. The molecule has 3 heteroatoms. The molecule has 3 nitrogen and oxygen atoms in total. The third-order valence-corrected chi connectivity index (χ3v) is 4.62. The number of aliphatic hydroxyl groups is 1. The molecule has 0 spiro atoms. The Kier molecular flexibility index (Phi) is 6.27. The van der Waals surface area contributed by atoms with Crippen LogP contribution in [0.2, 0.25) is 0 Å². The highest BCUT2D eigenvalue weighted by molar-refractivity contribution is 5.33. The van der Waals surface area contributed by atoms with E-state index in [-0.39, 0.29) is 12.1 Å². The smallest absolute Gasteiger partial charge is 0.122 e. The molecular weight excluding hydrogens is 298 g/mol. The van der Waals surface area contributed by atoms with Gasteiger partial charge in [-0.15, -0.1) is 0 Å². The van der Waals surface area contributed by atoms with Gasteiger partial charge in [0.25, 0.3) is 0 Å². The van der Waals surface area contributed by atoms with Crippen molar-refractivity contribution in [3.8, 4) is 5.75 Å². The third-order valence-electron chi connectivity index (χ3n) is 4.62. The minimum absolute atomic E-state index is 0.230. The van der Waals surface area contributed by atoms with Gasteiger partial charge in [-0.3, -0.25) is 0 Å². The van der Waals surface area contributed by atoms with E-state index in [0.717, 1.165) is 31.4 Å². The zero-order valence-corrected chi connectivity index (χ0v) is 14.2. The molecule has 1 heterocycles. The number of rotatable bonds is 8. The normalized spacial score (nSPS) is 20.2. The molecule has 1 saturated heterocycles. The molecule has 1 unspecified atom stereocenters. The maximum Gasteiger partial charge on any atom is 0.122 e. The Morgan fingerprint density at radius 3 is 2.50 bits per heavy atom. The van der Waals surface area contributed by atoms with E-state index in [1.807, 2.05) is 6.07 Å². The third kappa shape index (κ3) is 5.08. The quantitative estimate of drug-likeness (QED) is 0.731. The first kappa shape index (κ1) is 17.0. The fourth-order valence-corrected chi connectivity index (χ4v) is 3.26. The van der Waals surface area contributed by atoms with Crippen molar-refractivity contribution < 1.29 is 9.84 Å². The van der Waals surface area contributed by atoms with Gasteiger partial charge in [0, 0.05) is 12.6 Å². The van der Waals surface area contributed by atoms with Crippen molar-refractivity contribution in [1.82, 2.24) is 5.32 Å². The number of unbranched alkanes of at least 4 members (excludes halogenated alkanes) is 1. The van der Waals surface area contributed by atoms with Crippen LogP contribution < -0.4 is 10.1 Å². The molecule has 1 aliphatic heterocycles. The molecule has 0 radical (unpaired) electrons. The minimum Gasteiger partial charge on any atom is -0.492 e. The van der Waals surface area contributed by atoms with Gasteiger partial charge in [0.15, 0.2) is 0 Å². The summed E-state index contributed by atoms with van der Waals surface area (Å²) in [5.74, 6) is 0.986. The number of nitrogens with one attached hydrogen (secondary N) is 1. The first-order valence-corrected chi connectivity index (χ1v) is 8.97. The number of β-amino-alcohol motifs (C(OH)–C–C–N with tert-alkyl or cyclic N) is 1. The van der Waals surface area contributed by atoms with E-state index in [2.05, 4.69) is 53.8 Å². The molecule has 3 rings (SSSR count). The number of aryl methyl sites for hydroxylation is 2. The summed E-state index contributed by atoms with van der Waals surface area (Å²) in [5.41, 5.74) is 2.69. The van der Waals surface area contributed by atoms with E-state index in [1.54, 1.807) is 0 Å². The molecule has 128 valence electrons. The number of hydrogen-bond acceptors (Lipinski definition) is 3. The monoisotopic (exact) mass is 325 g/mol. The second-order valence-corrected chi connectivity index (χ2v) is 6.61. The maximum absolute atomic E-state index is 9.57. The second kappa shape index (κ2) is 8.86. The molecule has 0 bridgehead atoms. The molecule has 0 saturated carbocycles. The molecule has 0 aromatic heterocycles. The molecular formula is C21H27NO2. The van der Waals surface area contributed by atoms with Gasteiger partial charge < -0.3 is 15.2 Å². The van der Waals surface area contributed by atoms with Crippen molar-refractivity contribution in [3.63, 3.8) is 0 Å². The van der Waals surface area contributed by atoms with Crippen LogP contribution in [-0.4, -0.2) is 30.4 Å². The zero-order chi connectivity index (χ0) is 16.6.